The maximum atomic E-state index is 9.87. The molecule has 1 aliphatic rings. The Hall–Kier alpha value is -1.22. The van der Waals surface area contributed by atoms with Gasteiger partial charge < -0.3 is 15.2 Å². The highest BCUT2D eigenvalue weighted by atomic mass is 16.5. The fourth-order valence-corrected chi connectivity index (χ4v) is 2.23. The van der Waals surface area contributed by atoms with Crippen molar-refractivity contribution in [3.63, 3.8) is 0 Å². The molecule has 0 aliphatic carbocycles. The molecular weight excluding hydrogens is 202 g/mol. The molecule has 0 radical (unpaired) electrons. The lowest BCUT2D eigenvalue weighted by Crippen LogP contribution is -2.23. The second-order valence-electron chi connectivity index (χ2n) is 4.18. The van der Waals surface area contributed by atoms with Crippen molar-refractivity contribution in [2.45, 2.75) is 32.2 Å². The van der Waals surface area contributed by atoms with Crippen molar-refractivity contribution < 1.29 is 9.84 Å². The van der Waals surface area contributed by atoms with Gasteiger partial charge in [0.25, 0.3) is 0 Å². The fraction of sp³-hybridized carbons (Fsp3) is 0.538. The molecule has 0 amide bonds. The molecule has 88 valence electrons. The van der Waals surface area contributed by atoms with Crippen molar-refractivity contribution in [3.8, 4) is 11.5 Å². The van der Waals surface area contributed by atoms with Crippen molar-refractivity contribution in [1.29, 1.82) is 0 Å². The summed E-state index contributed by atoms with van der Waals surface area (Å²) in [5.74, 6) is 1.16. The SMILES string of the molecule is CCOc1cccc(O)c1CC1CCCN1. The van der Waals surface area contributed by atoms with Gasteiger partial charge in [0.05, 0.1) is 6.61 Å². The van der Waals surface area contributed by atoms with Crippen LogP contribution in [0.4, 0.5) is 0 Å². The molecule has 0 spiro atoms. The average Bonchev–Trinajstić information content (AvgIpc) is 2.76. The standard InChI is InChI=1S/C13H19NO2/c1-2-16-13-7-3-6-12(15)11(13)9-10-5-4-8-14-10/h3,6-7,10,14-15H,2,4-5,8-9H2,1H3. The van der Waals surface area contributed by atoms with Crippen molar-refractivity contribution in [2.75, 3.05) is 13.2 Å². The predicted octanol–water partition coefficient (Wildman–Crippen LogP) is 2.09. The molecule has 2 rings (SSSR count). The lowest BCUT2D eigenvalue weighted by molar-refractivity contribution is 0.331. The Bertz CT molecular complexity index is 346. The summed E-state index contributed by atoms with van der Waals surface area (Å²) in [7, 11) is 0. The molecule has 2 N–H and O–H groups in total. The van der Waals surface area contributed by atoms with Crippen molar-refractivity contribution in [1.82, 2.24) is 5.32 Å². The third-order valence-corrected chi connectivity index (χ3v) is 3.02. The Labute approximate surface area is 96.4 Å². The first-order valence-corrected chi connectivity index (χ1v) is 5.98. The summed E-state index contributed by atoms with van der Waals surface area (Å²) in [6.45, 7) is 3.68. The monoisotopic (exact) mass is 221 g/mol. The molecule has 3 nitrogen and oxygen atoms in total. The largest absolute Gasteiger partial charge is 0.508 e. The highest BCUT2D eigenvalue weighted by molar-refractivity contribution is 5.44. The second kappa shape index (κ2) is 5.21. The maximum Gasteiger partial charge on any atom is 0.126 e. The molecule has 1 aliphatic heterocycles. The van der Waals surface area contributed by atoms with Crippen molar-refractivity contribution >= 4 is 0 Å². The van der Waals surface area contributed by atoms with E-state index in [4.69, 9.17) is 4.74 Å². The van der Waals surface area contributed by atoms with E-state index in [1.807, 2.05) is 19.1 Å². The number of nitrogens with one attached hydrogen (secondary N) is 1. The summed E-state index contributed by atoms with van der Waals surface area (Å²) in [5, 5.41) is 13.3. The number of rotatable bonds is 4. The predicted molar refractivity (Wildman–Crippen MR) is 64.0 cm³/mol. The summed E-state index contributed by atoms with van der Waals surface area (Å²) >= 11 is 0. The zero-order valence-electron chi connectivity index (χ0n) is 9.70. The maximum absolute atomic E-state index is 9.87. The molecule has 0 aromatic heterocycles. The summed E-state index contributed by atoms with van der Waals surface area (Å²) < 4.78 is 5.54. The van der Waals surface area contributed by atoms with Crippen LogP contribution in [-0.2, 0) is 6.42 Å². The Balaban J connectivity index is 2.16. The topological polar surface area (TPSA) is 41.5 Å². The van der Waals surface area contributed by atoms with Crippen LogP contribution in [0.5, 0.6) is 11.5 Å². The average molecular weight is 221 g/mol. The molecular formula is C13H19NO2. The van der Waals surface area contributed by atoms with Gasteiger partial charge in [-0.2, -0.15) is 0 Å². The van der Waals surface area contributed by atoms with E-state index in [0.29, 0.717) is 18.4 Å². The number of hydrogen-bond donors (Lipinski definition) is 2. The van der Waals surface area contributed by atoms with Gasteiger partial charge in [-0.25, -0.2) is 0 Å². The van der Waals surface area contributed by atoms with E-state index < -0.39 is 0 Å². The normalized spacial score (nSPS) is 19.9. The molecule has 3 heteroatoms. The zero-order chi connectivity index (χ0) is 11.4. The van der Waals surface area contributed by atoms with Crippen LogP contribution < -0.4 is 10.1 Å². The van der Waals surface area contributed by atoms with Gasteiger partial charge in [-0.15, -0.1) is 0 Å². The van der Waals surface area contributed by atoms with Crippen LogP contribution in [0.25, 0.3) is 0 Å². The van der Waals surface area contributed by atoms with Gasteiger partial charge in [-0.1, -0.05) is 6.07 Å². The van der Waals surface area contributed by atoms with E-state index >= 15 is 0 Å². The van der Waals surface area contributed by atoms with Crippen LogP contribution in [0.1, 0.15) is 25.3 Å². The minimum atomic E-state index is 0.347. The van der Waals surface area contributed by atoms with Gasteiger partial charge in [0.1, 0.15) is 11.5 Å². The summed E-state index contributed by atoms with van der Waals surface area (Å²) in [5.41, 5.74) is 0.934. The third-order valence-electron chi connectivity index (χ3n) is 3.02. The first-order chi connectivity index (χ1) is 7.81. The lowest BCUT2D eigenvalue weighted by Gasteiger charge is -2.15. The van der Waals surface area contributed by atoms with Gasteiger partial charge in [-0.05, 0) is 44.9 Å². The highest BCUT2D eigenvalue weighted by Crippen LogP contribution is 2.30. The molecule has 1 aromatic carbocycles. The zero-order valence-corrected chi connectivity index (χ0v) is 9.70. The van der Waals surface area contributed by atoms with Crippen LogP contribution in [0.2, 0.25) is 0 Å². The molecule has 1 atom stereocenters. The molecule has 1 aromatic rings. The highest BCUT2D eigenvalue weighted by Gasteiger charge is 2.18. The number of aromatic hydroxyl groups is 1. The van der Waals surface area contributed by atoms with E-state index in [0.717, 1.165) is 24.3 Å². The Morgan fingerprint density at radius 2 is 2.38 bits per heavy atom. The Morgan fingerprint density at radius 3 is 3.06 bits per heavy atom. The lowest BCUT2D eigenvalue weighted by atomic mass is 10.0. The molecule has 1 saturated heterocycles. The van der Waals surface area contributed by atoms with Crippen LogP contribution in [0.3, 0.4) is 0 Å². The van der Waals surface area contributed by atoms with Crippen LogP contribution in [0, 0.1) is 0 Å². The molecule has 1 unspecified atom stereocenters. The minimum absolute atomic E-state index is 0.347. The van der Waals surface area contributed by atoms with Crippen LogP contribution in [0.15, 0.2) is 18.2 Å². The number of hydrogen-bond acceptors (Lipinski definition) is 3. The first kappa shape index (κ1) is 11.3. The van der Waals surface area contributed by atoms with Crippen molar-refractivity contribution in [3.05, 3.63) is 23.8 Å². The first-order valence-electron chi connectivity index (χ1n) is 5.98. The Morgan fingerprint density at radius 1 is 1.50 bits per heavy atom. The fourth-order valence-electron chi connectivity index (χ4n) is 2.23. The molecule has 0 saturated carbocycles. The molecule has 1 heterocycles. The van der Waals surface area contributed by atoms with E-state index in [9.17, 15) is 5.11 Å². The smallest absolute Gasteiger partial charge is 0.126 e. The number of phenols is 1. The van der Waals surface area contributed by atoms with Crippen molar-refractivity contribution in [2.24, 2.45) is 0 Å². The van der Waals surface area contributed by atoms with E-state index in [2.05, 4.69) is 5.32 Å². The van der Waals surface area contributed by atoms with Crippen LogP contribution in [-0.4, -0.2) is 24.3 Å². The quantitative estimate of drug-likeness (QED) is 0.818. The number of benzene rings is 1. The van der Waals surface area contributed by atoms with Gasteiger partial charge in [-0.3, -0.25) is 0 Å². The van der Waals surface area contributed by atoms with E-state index in [-0.39, 0.29) is 0 Å². The summed E-state index contributed by atoms with van der Waals surface area (Å²) in [4.78, 5) is 0. The van der Waals surface area contributed by atoms with Gasteiger partial charge >= 0.3 is 0 Å². The van der Waals surface area contributed by atoms with Gasteiger partial charge in [0.2, 0.25) is 0 Å². The summed E-state index contributed by atoms with van der Waals surface area (Å²) in [6, 6.07) is 5.96. The number of ether oxygens (including phenoxy) is 1. The molecule has 1 fully saturated rings. The molecule has 0 bridgehead atoms. The third kappa shape index (κ3) is 2.47. The summed E-state index contributed by atoms with van der Waals surface area (Å²) in [6.07, 6.45) is 3.25. The van der Waals surface area contributed by atoms with Gasteiger partial charge in [0, 0.05) is 11.6 Å². The van der Waals surface area contributed by atoms with E-state index in [1.165, 1.54) is 12.8 Å². The number of phenolic OH excluding ortho intramolecular Hbond substituents is 1. The Kier molecular flexibility index (Phi) is 3.67. The van der Waals surface area contributed by atoms with E-state index in [1.54, 1.807) is 6.07 Å². The molecule has 16 heavy (non-hydrogen) atoms. The van der Waals surface area contributed by atoms with Crippen LogP contribution >= 0.6 is 0 Å². The van der Waals surface area contributed by atoms with Gasteiger partial charge in [0.15, 0.2) is 0 Å². The second-order valence-corrected chi connectivity index (χ2v) is 4.18. The minimum Gasteiger partial charge on any atom is -0.508 e.